The molecule has 0 heterocycles. The number of nitrogens with zero attached hydrogens (tertiary/aromatic N) is 1. The zero-order valence-corrected chi connectivity index (χ0v) is 13.1. The van der Waals surface area contributed by atoms with Crippen LogP contribution in [0.1, 0.15) is 25.7 Å². The molecule has 23 heavy (non-hydrogen) atoms. The Morgan fingerprint density at radius 2 is 2.04 bits per heavy atom. The lowest BCUT2D eigenvalue weighted by molar-refractivity contribution is -0.112. The van der Waals surface area contributed by atoms with Crippen LogP contribution < -0.4 is 10.6 Å². The number of anilines is 1. The Balaban J connectivity index is 2.07. The molecule has 2 rings (SSSR count). The molecule has 0 radical (unpaired) electrons. The first-order valence-corrected chi connectivity index (χ1v) is 8.59. The molecule has 0 bridgehead atoms. The molecule has 1 fully saturated rings. The van der Waals surface area contributed by atoms with E-state index in [-0.39, 0.29) is 22.2 Å². The highest BCUT2D eigenvalue weighted by Gasteiger charge is 2.16. The third-order valence-electron chi connectivity index (χ3n) is 3.57. The fourth-order valence-electron chi connectivity index (χ4n) is 2.37. The Morgan fingerprint density at radius 1 is 1.35 bits per heavy atom. The van der Waals surface area contributed by atoms with E-state index in [0.717, 1.165) is 31.7 Å². The maximum atomic E-state index is 12.1. The van der Waals surface area contributed by atoms with Crippen molar-refractivity contribution in [3.8, 4) is 6.07 Å². The van der Waals surface area contributed by atoms with Gasteiger partial charge in [-0.3, -0.25) is 9.35 Å². The van der Waals surface area contributed by atoms with Crippen LogP contribution in [0.3, 0.4) is 0 Å². The summed E-state index contributed by atoms with van der Waals surface area (Å²) in [6.45, 7) is 0. The number of carbonyl (C=O) groups excluding carboxylic acids is 1. The molecule has 1 amide bonds. The van der Waals surface area contributed by atoms with Crippen LogP contribution in [0, 0.1) is 11.3 Å². The van der Waals surface area contributed by atoms with Crippen molar-refractivity contribution in [1.29, 1.82) is 5.26 Å². The van der Waals surface area contributed by atoms with Crippen molar-refractivity contribution < 1.29 is 17.8 Å². The third-order valence-corrected chi connectivity index (χ3v) is 4.42. The molecule has 1 aromatic rings. The highest BCUT2D eigenvalue weighted by molar-refractivity contribution is 7.85. The van der Waals surface area contributed by atoms with Crippen molar-refractivity contribution in [3.05, 3.63) is 36.0 Å². The van der Waals surface area contributed by atoms with E-state index in [4.69, 9.17) is 9.81 Å². The molecular formula is C15H17N3O4S. The maximum absolute atomic E-state index is 12.1. The number of amides is 1. The number of benzene rings is 1. The van der Waals surface area contributed by atoms with Gasteiger partial charge in [0, 0.05) is 17.9 Å². The molecule has 122 valence electrons. The van der Waals surface area contributed by atoms with E-state index < -0.39 is 16.0 Å². The van der Waals surface area contributed by atoms with Crippen LogP contribution >= 0.6 is 0 Å². The minimum atomic E-state index is -4.35. The highest BCUT2D eigenvalue weighted by Crippen LogP contribution is 2.18. The second-order valence-corrected chi connectivity index (χ2v) is 6.70. The molecular weight excluding hydrogens is 318 g/mol. The standard InChI is InChI=1S/C15H17N3O4S/c16-9-11(10-17-12-4-1-2-5-12)15(19)18-13-6-3-7-14(8-13)23(20,21)22/h3,6-8,10,12,17H,1-2,4-5H2,(H,18,19)(H,20,21,22)/b11-10-. The fraction of sp³-hybridized carbons (Fsp3) is 0.333. The molecule has 0 aliphatic heterocycles. The smallest absolute Gasteiger partial charge is 0.294 e. The molecule has 0 unspecified atom stereocenters. The van der Waals surface area contributed by atoms with E-state index in [1.165, 1.54) is 24.4 Å². The Morgan fingerprint density at radius 3 is 2.65 bits per heavy atom. The molecule has 0 saturated heterocycles. The van der Waals surface area contributed by atoms with E-state index in [0.29, 0.717) is 0 Å². The van der Waals surface area contributed by atoms with Crippen LogP contribution in [0.15, 0.2) is 40.9 Å². The van der Waals surface area contributed by atoms with Gasteiger partial charge in [-0.1, -0.05) is 18.9 Å². The molecule has 0 spiro atoms. The minimum absolute atomic E-state index is 0.103. The summed E-state index contributed by atoms with van der Waals surface area (Å²) >= 11 is 0. The Kier molecular flexibility index (Phi) is 5.36. The van der Waals surface area contributed by atoms with Gasteiger partial charge >= 0.3 is 0 Å². The van der Waals surface area contributed by atoms with Crippen LogP contribution in [0.4, 0.5) is 5.69 Å². The van der Waals surface area contributed by atoms with Crippen molar-refractivity contribution in [3.63, 3.8) is 0 Å². The second-order valence-electron chi connectivity index (χ2n) is 5.27. The minimum Gasteiger partial charge on any atom is -0.387 e. The van der Waals surface area contributed by atoms with Gasteiger partial charge in [0.05, 0.1) is 4.90 Å². The van der Waals surface area contributed by atoms with Gasteiger partial charge in [-0.05, 0) is 31.0 Å². The van der Waals surface area contributed by atoms with Crippen LogP contribution in [-0.4, -0.2) is 24.9 Å². The molecule has 1 aliphatic rings. The first-order valence-electron chi connectivity index (χ1n) is 7.15. The van der Waals surface area contributed by atoms with E-state index in [9.17, 15) is 13.2 Å². The number of nitriles is 1. The summed E-state index contributed by atoms with van der Waals surface area (Å²) in [6, 6.07) is 7.25. The van der Waals surface area contributed by atoms with Gasteiger partial charge in [0.1, 0.15) is 11.6 Å². The molecule has 1 aromatic carbocycles. The van der Waals surface area contributed by atoms with E-state index in [1.54, 1.807) is 0 Å². The fourth-order valence-corrected chi connectivity index (χ4v) is 2.90. The predicted molar refractivity (Wildman–Crippen MR) is 84.0 cm³/mol. The van der Waals surface area contributed by atoms with Gasteiger partial charge in [0.15, 0.2) is 0 Å². The molecule has 0 aromatic heterocycles. The van der Waals surface area contributed by atoms with Crippen molar-refractivity contribution in [2.45, 2.75) is 36.6 Å². The Bertz CT molecular complexity index is 759. The summed E-state index contributed by atoms with van der Waals surface area (Å²) in [4.78, 5) is 11.7. The number of hydrogen-bond acceptors (Lipinski definition) is 5. The largest absolute Gasteiger partial charge is 0.387 e. The van der Waals surface area contributed by atoms with Crippen LogP contribution in [-0.2, 0) is 14.9 Å². The van der Waals surface area contributed by atoms with Gasteiger partial charge in [0.25, 0.3) is 16.0 Å². The van der Waals surface area contributed by atoms with Crippen molar-refractivity contribution >= 4 is 21.7 Å². The molecule has 7 nitrogen and oxygen atoms in total. The van der Waals surface area contributed by atoms with Crippen LogP contribution in [0.5, 0.6) is 0 Å². The summed E-state index contributed by atoms with van der Waals surface area (Å²) in [5.41, 5.74) is 0.0706. The normalized spacial score (nSPS) is 15.9. The van der Waals surface area contributed by atoms with Gasteiger partial charge in [-0.15, -0.1) is 0 Å². The summed E-state index contributed by atoms with van der Waals surface area (Å²) in [6.07, 6.45) is 5.66. The monoisotopic (exact) mass is 335 g/mol. The van der Waals surface area contributed by atoms with Crippen molar-refractivity contribution in [1.82, 2.24) is 5.32 Å². The third kappa shape index (κ3) is 4.81. The topological polar surface area (TPSA) is 119 Å². The lowest BCUT2D eigenvalue weighted by Gasteiger charge is -2.10. The van der Waals surface area contributed by atoms with E-state index >= 15 is 0 Å². The molecule has 3 N–H and O–H groups in total. The molecule has 1 aliphatic carbocycles. The quantitative estimate of drug-likeness (QED) is 0.429. The van der Waals surface area contributed by atoms with Gasteiger partial charge in [0.2, 0.25) is 0 Å². The lowest BCUT2D eigenvalue weighted by Crippen LogP contribution is -2.23. The average Bonchev–Trinajstić information content (AvgIpc) is 3.00. The van der Waals surface area contributed by atoms with Crippen LogP contribution in [0.25, 0.3) is 0 Å². The number of rotatable bonds is 5. The first-order chi connectivity index (χ1) is 10.9. The molecule has 1 saturated carbocycles. The zero-order valence-electron chi connectivity index (χ0n) is 12.3. The van der Waals surface area contributed by atoms with Crippen molar-refractivity contribution in [2.75, 3.05) is 5.32 Å². The Hall–Kier alpha value is -2.37. The van der Waals surface area contributed by atoms with Crippen LogP contribution in [0.2, 0.25) is 0 Å². The second kappa shape index (κ2) is 7.26. The predicted octanol–water partition coefficient (Wildman–Crippen LogP) is 1.81. The number of hydrogen-bond donors (Lipinski definition) is 3. The molecule has 8 heteroatoms. The SMILES string of the molecule is N#C/C(=C/NC1CCCC1)C(=O)Nc1cccc(S(=O)(=O)O)c1. The van der Waals surface area contributed by atoms with E-state index in [1.807, 2.05) is 6.07 Å². The van der Waals surface area contributed by atoms with E-state index in [2.05, 4.69) is 10.6 Å². The molecule has 0 atom stereocenters. The Labute approximate surface area is 134 Å². The maximum Gasteiger partial charge on any atom is 0.294 e. The number of nitrogens with one attached hydrogen (secondary N) is 2. The summed E-state index contributed by atoms with van der Waals surface area (Å²) in [5, 5.41) is 14.6. The highest BCUT2D eigenvalue weighted by atomic mass is 32.2. The van der Waals surface area contributed by atoms with Crippen molar-refractivity contribution in [2.24, 2.45) is 0 Å². The summed E-state index contributed by atoms with van der Waals surface area (Å²) in [5.74, 6) is -0.648. The van der Waals surface area contributed by atoms with Gasteiger partial charge in [-0.25, -0.2) is 0 Å². The number of carbonyl (C=O) groups is 1. The summed E-state index contributed by atoms with van der Waals surface area (Å²) < 4.78 is 31.2. The average molecular weight is 335 g/mol. The lowest BCUT2D eigenvalue weighted by atomic mass is 10.2. The first kappa shape index (κ1) is 17.0. The summed E-state index contributed by atoms with van der Waals surface area (Å²) in [7, 11) is -4.35. The van der Waals surface area contributed by atoms with Gasteiger partial charge < -0.3 is 10.6 Å². The zero-order chi connectivity index (χ0) is 16.9. The van der Waals surface area contributed by atoms with Gasteiger partial charge in [-0.2, -0.15) is 13.7 Å².